The Bertz CT molecular complexity index is 1050. The molecule has 1 fully saturated rings. The largest absolute Gasteiger partial charge is 0.493 e. The molecule has 0 amide bonds. The van der Waals surface area contributed by atoms with Gasteiger partial charge < -0.3 is 19.3 Å². The first-order valence-corrected chi connectivity index (χ1v) is 11.2. The number of carboxylic acids is 1. The zero-order valence-electron chi connectivity index (χ0n) is 18.0. The van der Waals surface area contributed by atoms with Gasteiger partial charge in [-0.05, 0) is 59.5 Å². The SMILES string of the molecule is COc1cc(C(c2csc3ccccc23)N2CCCC(C(=O)O)C2)cc(OC)c1OC. The Labute approximate surface area is 186 Å². The monoisotopic (exact) mass is 441 g/mol. The lowest BCUT2D eigenvalue weighted by atomic mass is 9.91. The van der Waals surface area contributed by atoms with Crippen molar-refractivity contribution in [3.63, 3.8) is 0 Å². The number of ether oxygens (including phenoxy) is 3. The van der Waals surface area contributed by atoms with Gasteiger partial charge in [-0.25, -0.2) is 0 Å². The first-order chi connectivity index (χ1) is 15.1. The van der Waals surface area contributed by atoms with Crippen LogP contribution >= 0.6 is 11.3 Å². The fourth-order valence-electron chi connectivity index (χ4n) is 4.50. The Morgan fingerprint density at radius 1 is 1.13 bits per heavy atom. The maximum absolute atomic E-state index is 11.8. The summed E-state index contributed by atoms with van der Waals surface area (Å²) in [6, 6.07) is 12.2. The predicted molar refractivity (Wildman–Crippen MR) is 122 cm³/mol. The highest BCUT2D eigenvalue weighted by molar-refractivity contribution is 7.17. The highest BCUT2D eigenvalue weighted by Gasteiger charge is 2.33. The number of thiophene rings is 1. The first kappa shape index (κ1) is 21.5. The van der Waals surface area contributed by atoms with E-state index in [2.05, 4.69) is 22.4 Å². The average Bonchev–Trinajstić information content (AvgIpc) is 3.22. The Morgan fingerprint density at radius 3 is 2.48 bits per heavy atom. The zero-order chi connectivity index (χ0) is 22.0. The van der Waals surface area contributed by atoms with Crippen molar-refractivity contribution in [1.29, 1.82) is 0 Å². The van der Waals surface area contributed by atoms with Crippen LogP contribution in [-0.4, -0.2) is 50.4 Å². The number of piperidine rings is 1. The number of methoxy groups -OCH3 is 3. The molecule has 2 unspecified atom stereocenters. The highest BCUT2D eigenvalue weighted by Crippen LogP contribution is 2.45. The van der Waals surface area contributed by atoms with Crippen LogP contribution in [0, 0.1) is 5.92 Å². The van der Waals surface area contributed by atoms with Gasteiger partial charge in [0.2, 0.25) is 5.75 Å². The average molecular weight is 442 g/mol. The number of rotatable bonds is 7. The van der Waals surface area contributed by atoms with Gasteiger partial charge in [0.15, 0.2) is 11.5 Å². The Balaban J connectivity index is 1.88. The van der Waals surface area contributed by atoms with Crippen LogP contribution in [0.4, 0.5) is 0 Å². The summed E-state index contributed by atoms with van der Waals surface area (Å²) in [5, 5.41) is 13.0. The van der Waals surface area contributed by atoms with Crippen LogP contribution in [0.3, 0.4) is 0 Å². The van der Waals surface area contributed by atoms with Gasteiger partial charge >= 0.3 is 5.97 Å². The highest BCUT2D eigenvalue weighted by atomic mass is 32.1. The third-order valence-electron chi connectivity index (χ3n) is 5.98. The standard InChI is InChI=1S/C24H27NO5S/c1-28-19-11-16(12-20(29-2)23(19)30-3)22(25-10-6-7-15(13-25)24(26)27)18-14-31-21-9-5-4-8-17(18)21/h4-5,8-9,11-12,14-15,22H,6-7,10,13H2,1-3H3,(H,26,27). The van der Waals surface area contributed by atoms with Crippen molar-refractivity contribution in [3.05, 3.63) is 52.9 Å². The maximum Gasteiger partial charge on any atom is 0.307 e. The minimum atomic E-state index is -0.733. The fourth-order valence-corrected chi connectivity index (χ4v) is 5.48. The van der Waals surface area contributed by atoms with Crippen LogP contribution in [0.25, 0.3) is 10.1 Å². The molecule has 1 aromatic heterocycles. The summed E-state index contributed by atoms with van der Waals surface area (Å²) in [6.07, 6.45) is 1.55. The van der Waals surface area contributed by atoms with E-state index in [1.54, 1.807) is 32.7 Å². The molecule has 1 saturated heterocycles. The van der Waals surface area contributed by atoms with E-state index in [-0.39, 0.29) is 12.0 Å². The lowest BCUT2D eigenvalue weighted by Gasteiger charge is -2.37. The molecule has 164 valence electrons. The van der Waals surface area contributed by atoms with Crippen LogP contribution in [0.1, 0.15) is 30.0 Å². The van der Waals surface area contributed by atoms with E-state index < -0.39 is 5.97 Å². The summed E-state index contributed by atoms with van der Waals surface area (Å²) in [6.45, 7) is 1.33. The number of fused-ring (bicyclic) bond motifs is 1. The summed E-state index contributed by atoms with van der Waals surface area (Å²) in [5.41, 5.74) is 2.16. The second-order valence-corrected chi connectivity index (χ2v) is 8.63. The van der Waals surface area contributed by atoms with Crippen LogP contribution in [0.2, 0.25) is 0 Å². The Hall–Kier alpha value is -2.77. The number of carboxylic acid groups (broad SMARTS) is 1. The summed E-state index contributed by atoms with van der Waals surface area (Å²) >= 11 is 1.71. The van der Waals surface area contributed by atoms with Crippen LogP contribution < -0.4 is 14.2 Å². The van der Waals surface area contributed by atoms with Gasteiger partial charge in [-0.2, -0.15) is 0 Å². The summed E-state index contributed by atoms with van der Waals surface area (Å²) in [7, 11) is 4.81. The molecular weight excluding hydrogens is 414 g/mol. The van der Waals surface area contributed by atoms with E-state index in [0.717, 1.165) is 18.5 Å². The molecule has 2 atom stereocenters. The van der Waals surface area contributed by atoms with Crippen molar-refractivity contribution in [1.82, 2.24) is 4.90 Å². The number of hydrogen-bond donors (Lipinski definition) is 1. The Kier molecular flexibility index (Phi) is 6.34. The molecule has 3 aromatic rings. The molecule has 0 spiro atoms. The molecule has 2 aromatic carbocycles. The van der Waals surface area contributed by atoms with E-state index in [1.807, 2.05) is 24.3 Å². The van der Waals surface area contributed by atoms with Gasteiger partial charge in [-0.3, -0.25) is 9.69 Å². The number of nitrogens with zero attached hydrogens (tertiary/aromatic N) is 1. The third-order valence-corrected chi connectivity index (χ3v) is 6.96. The summed E-state index contributed by atoms with van der Waals surface area (Å²) in [4.78, 5) is 14.0. The molecule has 1 aliphatic heterocycles. The molecule has 4 rings (SSSR count). The van der Waals surface area contributed by atoms with E-state index >= 15 is 0 Å². The van der Waals surface area contributed by atoms with Crippen molar-refractivity contribution in [2.45, 2.75) is 18.9 Å². The first-order valence-electron chi connectivity index (χ1n) is 10.3. The van der Waals surface area contributed by atoms with Crippen molar-refractivity contribution < 1.29 is 24.1 Å². The molecular formula is C24H27NO5S. The molecule has 1 N–H and O–H groups in total. The number of hydrogen-bond acceptors (Lipinski definition) is 6. The van der Waals surface area contributed by atoms with Crippen LogP contribution in [-0.2, 0) is 4.79 Å². The van der Waals surface area contributed by atoms with Gasteiger partial charge in [0, 0.05) is 11.2 Å². The number of carbonyl (C=O) groups is 1. The smallest absolute Gasteiger partial charge is 0.307 e. The molecule has 0 aliphatic carbocycles. The minimum absolute atomic E-state index is 0.119. The number of aliphatic carboxylic acids is 1. The minimum Gasteiger partial charge on any atom is -0.493 e. The number of benzene rings is 2. The summed E-state index contributed by atoms with van der Waals surface area (Å²) < 4.78 is 17.9. The van der Waals surface area contributed by atoms with E-state index in [9.17, 15) is 9.90 Å². The quantitative estimate of drug-likeness (QED) is 0.567. The number of likely N-dealkylation sites (tertiary alicyclic amines) is 1. The lowest BCUT2D eigenvalue weighted by molar-refractivity contribution is -0.143. The molecule has 31 heavy (non-hydrogen) atoms. The second-order valence-electron chi connectivity index (χ2n) is 7.72. The van der Waals surface area contributed by atoms with Crippen molar-refractivity contribution >= 4 is 27.4 Å². The molecule has 0 radical (unpaired) electrons. The van der Waals surface area contributed by atoms with Gasteiger partial charge in [0.05, 0.1) is 33.3 Å². The predicted octanol–water partition coefficient (Wildman–Crippen LogP) is 4.81. The van der Waals surface area contributed by atoms with E-state index in [0.29, 0.717) is 30.2 Å². The van der Waals surface area contributed by atoms with Crippen molar-refractivity contribution in [2.24, 2.45) is 5.92 Å². The van der Waals surface area contributed by atoms with Crippen LogP contribution in [0.5, 0.6) is 17.2 Å². The molecule has 2 heterocycles. The van der Waals surface area contributed by atoms with Gasteiger partial charge in [0.25, 0.3) is 0 Å². The summed E-state index contributed by atoms with van der Waals surface area (Å²) in [5.74, 6) is 0.623. The molecule has 1 aliphatic rings. The lowest BCUT2D eigenvalue weighted by Crippen LogP contribution is -2.41. The van der Waals surface area contributed by atoms with Gasteiger partial charge in [0.1, 0.15) is 0 Å². The molecule has 0 bridgehead atoms. The van der Waals surface area contributed by atoms with E-state index in [4.69, 9.17) is 14.2 Å². The normalized spacial score (nSPS) is 18.0. The zero-order valence-corrected chi connectivity index (χ0v) is 18.8. The van der Waals surface area contributed by atoms with Crippen molar-refractivity contribution in [2.75, 3.05) is 34.4 Å². The second kappa shape index (κ2) is 9.16. The van der Waals surface area contributed by atoms with Gasteiger partial charge in [-0.1, -0.05) is 18.2 Å². The van der Waals surface area contributed by atoms with Crippen LogP contribution in [0.15, 0.2) is 41.8 Å². The maximum atomic E-state index is 11.8. The van der Waals surface area contributed by atoms with E-state index in [1.165, 1.54) is 15.6 Å². The fraction of sp³-hybridized carbons (Fsp3) is 0.375. The molecule has 7 heteroatoms. The molecule has 0 saturated carbocycles. The molecule has 6 nitrogen and oxygen atoms in total. The van der Waals surface area contributed by atoms with Gasteiger partial charge in [-0.15, -0.1) is 11.3 Å². The topological polar surface area (TPSA) is 68.2 Å². The third kappa shape index (κ3) is 4.07. The van der Waals surface area contributed by atoms with Crippen molar-refractivity contribution in [3.8, 4) is 17.2 Å². The Morgan fingerprint density at radius 2 is 1.84 bits per heavy atom.